The van der Waals surface area contributed by atoms with Crippen molar-refractivity contribution >= 4 is 5.91 Å². The van der Waals surface area contributed by atoms with Crippen LogP contribution < -0.4 is 5.73 Å². The lowest BCUT2D eigenvalue weighted by molar-refractivity contribution is -0.134. The van der Waals surface area contributed by atoms with Gasteiger partial charge in [-0.25, -0.2) is 0 Å². The summed E-state index contributed by atoms with van der Waals surface area (Å²) in [5.41, 5.74) is 5.69. The van der Waals surface area contributed by atoms with Gasteiger partial charge in [0, 0.05) is 18.6 Å². The summed E-state index contributed by atoms with van der Waals surface area (Å²) in [4.78, 5) is 13.9. The Kier molecular flexibility index (Phi) is 3.53. The number of amides is 1. The van der Waals surface area contributed by atoms with E-state index in [1.54, 1.807) is 0 Å². The Morgan fingerprint density at radius 2 is 1.93 bits per heavy atom. The number of hydrogen-bond acceptors (Lipinski definition) is 2. The van der Waals surface area contributed by atoms with E-state index in [9.17, 15) is 4.79 Å². The van der Waals surface area contributed by atoms with E-state index >= 15 is 0 Å². The fourth-order valence-electron chi connectivity index (χ4n) is 1.66. The van der Waals surface area contributed by atoms with Crippen LogP contribution in [0.5, 0.6) is 0 Å². The van der Waals surface area contributed by atoms with Crippen LogP contribution in [0.2, 0.25) is 0 Å². The van der Waals surface area contributed by atoms with Gasteiger partial charge in [0.2, 0.25) is 5.91 Å². The Labute approximate surface area is 86.6 Å². The van der Waals surface area contributed by atoms with Crippen molar-refractivity contribution in [2.75, 3.05) is 6.54 Å². The van der Waals surface area contributed by atoms with Crippen LogP contribution in [0.4, 0.5) is 0 Å². The summed E-state index contributed by atoms with van der Waals surface area (Å²) in [5.74, 6) is 0.883. The van der Waals surface area contributed by atoms with Crippen LogP contribution in [0.1, 0.15) is 34.1 Å². The second-order valence-electron chi connectivity index (χ2n) is 4.98. The van der Waals surface area contributed by atoms with Crippen molar-refractivity contribution < 1.29 is 4.79 Å². The number of hydrogen-bond donors (Lipinski definition) is 1. The molecule has 0 aliphatic heterocycles. The molecule has 0 bridgehead atoms. The topological polar surface area (TPSA) is 46.3 Å². The van der Waals surface area contributed by atoms with Crippen molar-refractivity contribution in [2.24, 2.45) is 17.6 Å². The van der Waals surface area contributed by atoms with Crippen LogP contribution in [0.25, 0.3) is 0 Å². The van der Waals surface area contributed by atoms with Gasteiger partial charge in [-0.3, -0.25) is 4.79 Å². The van der Waals surface area contributed by atoms with E-state index in [1.165, 1.54) is 0 Å². The first-order valence-electron chi connectivity index (χ1n) is 5.49. The van der Waals surface area contributed by atoms with Crippen molar-refractivity contribution in [1.29, 1.82) is 0 Å². The molecule has 0 spiro atoms. The fraction of sp³-hybridized carbons (Fsp3) is 0.909. The molecule has 14 heavy (non-hydrogen) atoms. The van der Waals surface area contributed by atoms with E-state index in [0.717, 1.165) is 13.0 Å². The molecule has 1 amide bonds. The van der Waals surface area contributed by atoms with Gasteiger partial charge in [-0.2, -0.15) is 0 Å². The monoisotopic (exact) mass is 198 g/mol. The van der Waals surface area contributed by atoms with Gasteiger partial charge < -0.3 is 10.6 Å². The highest BCUT2D eigenvalue weighted by atomic mass is 16.2. The van der Waals surface area contributed by atoms with E-state index in [2.05, 4.69) is 27.7 Å². The highest BCUT2D eigenvalue weighted by molar-refractivity contribution is 5.82. The molecule has 0 heterocycles. The van der Waals surface area contributed by atoms with Crippen LogP contribution in [-0.4, -0.2) is 29.4 Å². The van der Waals surface area contributed by atoms with Gasteiger partial charge in [0.1, 0.15) is 0 Å². The molecule has 2 unspecified atom stereocenters. The molecule has 0 aromatic rings. The van der Waals surface area contributed by atoms with E-state index in [4.69, 9.17) is 5.73 Å². The summed E-state index contributed by atoms with van der Waals surface area (Å²) in [6.07, 6.45) is 0.875. The number of rotatable bonds is 4. The van der Waals surface area contributed by atoms with Crippen molar-refractivity contribution in [3.8, 4) is 0 Å². The maximum absolute atomic E-state index is 11.9. The van der Waals surface area contributed by atoms with Crippen molar-refractivity contribution in [3.63, 3.8) is 0 Å². The second-order valence-corrected chi connectivity index (χ2v) is 4.98. The van der Waals surface area contributed by atoms with E-state index in [0.29, 0.717) is 5.92 Å². The molecule has 0 aromatic carbocycles. The zero-order valence-electron chi connectivity index (χ0n) is 9.66. The van der Waals surface area contributed by atoms with E-state index in [-0.39, 0.29) is 23.9 Å². The quantitative estimate of drug-likeness (QED) is 0.738. The zero-order chi connectivity index (χ0) is 10.9. The van der Waals surface area contributed by atoms with Crippen LogP contribution in [0.3, 0.4) is 0 Å². The van der Waals surface area contributed by atoms with Crippen molar-refractivity contribution in [3.05, 3.63) is 0 Å². The van der Waals surface area contributed by atoms with Crippen LogP contribution >= 0.6 is 0 Å². The molecule has 2 atom stereocenters. The molecular formula is C11H22N2O. The number of nitrogens with zero attached hydrogens (tertiary/aromatic N) is 1. The third-order valence-electron chi connectivity index (χ3n) is 2.63. The van der Waals surface area contributed by atoms with Crippen LogP contribution in [0, 0.1) is 11.8 Å². The largest absolute Gasteiger partial charge is 0.340 e. The van der Waals surface area contributed by atoms with Gasteiger partial charge >= 0.3 is 0 Å². The third-order valence-corrected chi connectivity index (χ3v) is 2.63. The van der Waals surface area contributed by atoms with Gasteiger partial charge in [-0.1, -0.05) is 13.8 Å². The van der Waals surface area contributed by atoms with Crippen LogP contribution in [-0.2, 0) is 4.79 Å². The van der Waals surface area contributed by atoms with Gasteiger partial charge in [0.15, 0.2) is 0 Å². The number of carbonyl (C=O) groups excluding carboxylic acids is 1. The molecule has 0 radical (unpaired) electrons. The van der Waals surface area contributed by atoms with Gasteiger partial charge in [-0.15, -0.1) is 0 Å². The Morgan fingerprint density at radius 1 is 1.43 bits per heavy atom. The summed E-state index contributed by atoms with van der Waals surface area (Å²) in [7, 11) is 0. The summed E-state index contributed by atoms with van der Waals surface area (Å²) in [5, 5.41) is 0. The Balaban J connectivity index is 2.53. The molecule has 1 aliphatic rings. The summed E-state index contributed by atoms with van der Waals surface area (Å²) in [6.45, 7) is 9.24. The second kappa shape index (κ2) is 4.30. The smallest absolute Gasteiger partial charge is 0.227 e. The minimum absolute atomic E-state index is 0.108. The molecule has 2 N–H and O–H groups in total. The van der Waals surface area contributed by atoms with Crippen LogP contribution in [0.15, 0.2) is 0 Å². The normalized spacial score (nSPS) is 25.6. The third kappa shape index (κ3) is 2.71. The van der Waals surface area contributed by atoms with E-state index < -0.39 is 0 Å². The lowest BCUT2D eigenvalue weighted by Gasteiger charge is -2.28. The van der Waals surface area contributed by atoms with Crippen molar-refractivity contribution in [2.45, 2.75) is 46.2 Å². The molecular weight excluding hydrogens is 176 g/mol. The molecule has 3 nitrogen and oxygen atoms in total. The van der Waals surface area contributed by atoms with Gasteiger partial charge in [0.25, 0.3) is 0 Å². The Bertz CT molecular complexity index is 213. The average Bonchev–Trinajstić information content (AvgIpc) is 2.76. The zero-order valence-corrected chi connectivity index (χ0v) is 9.66. The van der Waals surface area contributed by atoms with Gasteiger partial charge in [-0.05, 0) is 26.2 Å². The lowest BCUT2D eigenvalue weighted by atomic mass is 10.1. The maximum Gasteiger partial charge on any atom is 0.227 e. The molecule has 0 aromatic heterocycles. The SMILES string of the molecule is CC(C)CN(C(=O)C1CC1N)C(C)C. The average molecular weight is 198 g/mol. The molecule has 82 valence electrons. The molecule has 3 heteroatoms. The summed E-state index contributed by atoms with van der Waals surface area (Å²) < 4.78 is 0. The standard InChI is InChI=1S/C11H22N2O/c1-7(2)6-13(8(3)4)11(14)9-5-10(9)12/h7-10H,5-6,12H2,1-4H3. The molecule has 1 rings (SSSR count). The number of carbonyl (C=O) groups is 1. The first-order valence-corrected chi connectivity index (χ1v) is 5.49. The molecule has 1 saturated carbocycles. The predicted molar refractivity (Wildman–Crippen MR) is 57.8 cm³/mol. The number of nitrogens with two attached hydrogens (primary N) is 1. The first-order chi connectivity index (χ1) is 6.43. The predicted octanol–water partition coefficient (Wildman–Crippen LogP) is 1.23. The molecule has 1 aliphatic carbocycles. The molecule has 1 fully saturated rings. The Morgan fingerprint density at radius 3 is 2.21 bits per heavy atom. The van der Waals surface area contributed by atoms with E-state index in [1.807, 2.05) is 4.90 Å². The Hall–Kier alpha value is -0.570. The highest BCUT2D eigenvalue weighted by Gasteiger charge is 2.42. The fourth-order valence-corrected chi connectivity index (χ4v) is 1.66. The lowest BCUT2D eigenvalue weighted by Crippen LogP contribution is -2.41. The summed E-state index contributed by atoms with van der Waals surface area (Å²) in [6, 6.07) is 0.411. The summed E-state index contributed by atoms with van der Waals surface area (Å²) >= 11 is 0. The minimum Gasteiger partial charge on any atom is -0.340 e. The first kappa shape index (κ1) is 11.5. The van der Waals surface area contributed by atoms with Crippen molar-refractivity contribution in [1.82, 2.24) is 4.90 Å². The highest BCUT2D eigenvalue weighted by Crippen LogP contribution is 2.30. The van der Waals surface area contributed by atoms with Gasteiger partial charge in [0.05, 0.1) is 5.92 Å². The minimum atomic E-state index is 0.108. The maximum atomic E-state index is 11.9. The molecule has 0 saturated heterocycles.